The number of carboxylic acids is 1. The minimum atomic E-state index is -1.06. The van der Waals surface area contributed by atoms with Gasteiger partial charge >= 0.3 is 12.0 Å². The Bertz CT molecular complexity index is 426. The zero-order chi connectivity index (χ0) is 15.5. The second-order valence-electron chi connectivity index (χ2n) is 6.11. The first-order chi connectivity index (χ1) is 9.96. The summed E-state index contributed by atoms with van der Waals surface area (Å²) in [7, 11) is 0. The van der Waals surface area contributed by atoms with Crippen molar-refractivity contribution in [1.29, 1.82) is 0 Å². The summed E-state index contributed by atoms with van der Waals surface area (Å²) in [6.45, 7) is 4.48. The molecule has 3 unspecified atom stereocenters. The Morgan fingerprint density at radius 2 is 2.19 bits per heavy atom. The molecule has 1 saturated heterocycles. The summed E-state index contributed by atoms with van der Waals surface area (Å²) in [4.78, 5) is 24.9. The Labute approximate surface area is 124 Å². The van der Waals surface area contributed by atoms with Crippen LogP contribution in [-0.4, -0.2) is 51.8 Å². The molecule has 2 amide bonds. The molecule has 3 N–H and O–H groups in total. The number of aliphatic carboxylic acids is 1. The Balaban J connectivity index is 1.94. The number of amides is 2. The van der Waals surface area contributed by atoms with Gasteiger partial charge in [-0.3, -0.25) is 0 Å². The molecule has 6 heteroatoms. The highest BCUT2D eigenvalue weighted by atomic mass is 16.4. The standard InChI is InChI=1S/C15H24N2O4/c1-2-5-12(13(18)19)16-14(20)17-9-8-15(21)7-4-3-6-11(15)10-17/h2,11-12,21H,1,3-10H2,(H,16,20)(H,18,19). The Morgan fingerprint density at radius 1 is 1.43 bits per heavy atom. The number of likely N-dealkylation sites (tertiary alicyclic amines) is 1. The molecule has 1 saturated carbocycles. The van der Waals surface area contributed by atoms with Gasteiger partial charge in [0.2, 0.25) is 0 Å². The Hall–Kier alpha value is -1.56. The van der Waals surface area contributed by atoms with E-state index in [1.165, 1.54) is 6.08 Å². The average Bonchev–Trinajstić information content (AvgIpc) is 2.45. The van der Waals surface area contributed by atoms with Gasteiger partial charge < -0.3 is 20.4 Å². The van der Waals surface area contributed by atoms with Gasteiger partial charge in [-0.1, -0.05) is 18.9 Å². The van der Waals surface area contributed by atoms with Crippen LogP contribution >= 0.6 is 0 Å². The number of nitrogens with one attached hydrogen (secondary N) is 1. The van der Waals surface area contributed by atoms with Crippen molar-refractivity contribution < 1.29 is 19.8 Å². The van der Waals surface area contributed by atoms with E-state index < -0.39 is 17.6 Å². The van der Waals surface area contributed by atoms with Gasteiger partial charge in [-0.05, 0) is 25.7 Å². The summed E-state index contributed by atoms with van der Waals surface area (Å²) in [6, 6.07) is -1.31. The van der Waals surface area contributed by atoms with Crippen LogP contribution in [0.4, 0.5) is 4.79 Å². The predicted molar refractivity (Wildman–Crippen MR) is 77.9 cm³/mol. The second-order valence-corrected chi connectivity index (χ2v) is 6.11. The number of piperidine rings is 1. The van der Waals surface area contributed by atoms with Crippen LogP contribution in [0.1, 0.15) is 38.5 Å². The topological polar surface area (TPSA) is 89.9 Å². The molecule has 0 aromatic rings. The highest BCUT2D eigenvalue weighted by molar-refractivity contribution is 5.82. The van der Waals surface area contributed by atoms with E-state index in [9.17, 15) is 14.7 Å². The van der Waals surface area contributed by atoms with Gasteiger partial charge in [0.15, 0.2) is 0 Å². The number of carbonyl (C=O) groups excluding carboxylic acids is 1. The number of rotatable bonds is 4. The largest absolute Gasteiger partial charge is 0.480 e. The van der Waals surface area contributed by atoms with Crippen molar-refractivity contribution in [2.75, 3.05) is 13.1 Å². The number of aliphatic hydroxyl groups is 1. The van der Waals surface area contributed by atoms with Gasteiger partial charge in [0.1, 0.15) is 6.04 Å². The van der Waals surface area contributed by atoms with Crippen molar-refractivity contribution in [2.45, 2.75) is 50.2 Å². The maximum atomic E-state index is 12.2. The van der Waals surface area contributed by atoms with Crippen LogP contribution < -0.4 is 5.32 Å². The third-order valence-electron chi connectivity index (χ3n) is 4.71. The maximum absolute atomic E-state index is 12.2. The van der Waals surface area contributed by atoms with Crippen molar-refractivity contribution in [2.24, 2.45) is 5.92 Å². The molecule has 3 atom stereocenters. The van der Waals surface area contributed by atoms with Crippen molar-refractivity contribution in [1.82, 2.24) is 10.2 Å². The number of nitrogens with zero attached hydrogens (tertiary/aromatic N) is 1. The molecule has 0 spiro atoms. The van der Waals surface area contributed by atoms with Gasteiger partial charge in [-0.2, -0.15) is 0 Å². The van der Waals surface area contributed by atoms with E-state index in [4.69, 9.17) is 5.11 Å². The Kier molecular flexibility index (Phi) is 4.88. The fourth-order valence-corrected chi connectivity index (χ4v) is 3.38. The lowest BCUT2D eigenvalue weighted by Crippen LogP contribution is -2.57. The van der Waals surface area contributed by atoms with Gasteiger partial charge in [0.25, 0.3) is 0 Å². The monoisotopic (exact) mass is 296 g/mol. The molecule has 0 radical (unpaired) electrons. The van der Waals surface area contributed by atoms with E-state index in [-0.39, 0.29) is 18.4 Å². The molecule has 118 valence electrons. The number of urea groups is 1. The Morgan fingerprint density at radius 3 is 2.86 bits per heavy atom. The normalized spacial score (nSPS) is 30.1. The van der Waals surface area contributed by atoms with E-state index in [0.29, 0.717) is 19.5 Å². The quantitative estimate of drug-likeness (QED) is 0.683. The SMILES string of the molecule is C=CCC(NC(=O)N1CCC2(O)CCCCC2C1)C(=O)O. The zero-order valence-electron chi connectivity index (χ0n) is 12.3. The smallest absolute Gasteiger partial charge is 0.326 e. The summed E-state index contributed by atoms with van der Waals surface area (Å²) >= 11 is 0. The molecule has 1 aliphatic carbocycles. The molecule has 0 aromatic heterocycles. The minimum Gasteiger partial charge on any atom is -0.480 e. The number of carboxylic acid groups (broad SMARTS) is 1. The maximum Gasteiger partial charge on any atom is 0.326 e. The molecule has 2 rings (SSSR count). The zero-order valence-corrected chi connectivity index (χ0v) is 12.3. The molecule has 1 heterocycles. The van der Waals surface area contributed by atoms with E-state index in [1.807, 2.05) is 0 Å². The highest BCUT2D eigenvalue weighted by Gasteiger charge is 2.43. The molecule has 1 aliphatic heterocycles. The lowest BCUT2D eigenvalue weighted by Gasteiger charge is -2.47. The van der Waals surface area contributed by atoms with Crippen LogP contribution in [0.25, 0.3) is 0 Å². The molecule has 0 aromatic carbocycles. The predicted octanol–water partition coefficient (Wildman–Crippen LogP) is 1.35. The lowest BCUT2D eigenvalue weighted by molar-refractivity contribution is -0.139. The van der Waals surface area contributed by atoms with Crippen molar-refractivity contribution in [3.63, 3.8) is 0 Å². The first kappa shape index (κ1) is 15.8. The van der Waals surface area contributed by atoms with E-state index in [0.717, 1.165) is 25.7 Å². The molecule has 6 nitrogen and oxygen atoms in total. The van der Waals surface area contributed by atoms with Gasteiger partial charge in [-0.25, -0.2) is 9.59 Å². The molecular formula is C15H24N2O4. The van der Waals surface area contributed by atoms with Crippen molar-refractivity contribution >= 4 is 12.0 Å². The lowest BCUT2D eigenvalue weighted by atomic mass is 9.71. The van der Waals surface area contributed by atoms with E-state index in [1.54, 1.807) is 4.90 Å². The molecule has 0 bridgehead atoms. The van der Waals surface area contributed by atoms with Crippen LogP contribution in [0, 0.1) is 5.92 Å². The van der Waals surface area contributed by atoms with Crippen LogP contribution in [0.2, 0.25) is 0 Å². The molecule has 2 aliphatic rings. The fraction of sp³-hybridized carbons (Fsp3) is 0.733. The third-order valence-corrected chi connectivity index (χ3v) is 4.71. The summed E-state index contributed by atoms with van der Waals surface area (Å²) in [5.74, 6) is -0.956. The number of carbonyl (C=O) groups is 2. The molecule has 21 heavy (non-hydrogen) atoms. The molecule has 2 fully saturated rings. The van der Waals surface area contributed by atoms with Crippen molar-refractivity contribution in [3.05, 3.63) is 12.7 Å². The highest BCUT2D eigenvalue weighted by Crippen LogP contribution is 2.39. The van der Waals surface area contributed by atoms with Gasteiger partial charge in [0, 0.05) is 19.0 Å². The number of hydrogen-bond acceptors (Lipinski definition) is 3. The summed E-state index contributed by atoms with van der Waals surface area (Å²) in [5, 5.41) is 22.2. The van der Waals surface area contributed by atoms with Crippen LogP contribution in [0.3, 0.4) is 0 Å². The van der Waals surface area contributed by atoms with E-state index in [2.05, 4.69) is 11.9 Å². The summed E-state index contributed by atoms with van der Waals surface area (Å²) < 4.78 is 0. The van der Waals surface area contributed by atoms with Gasteiger partial charge in [-0.15, -0.1) is 6.58 Å². The third kappa shape index (κ3) is 3.56. The number of fused-ring (bicyclic) bond motifs is 1. The first-order valence-corrected chi connectivity index (χ1v) is 7.58. The van der Waals surface area contributed by atoms with Crippen LogP contribution in [0.15, 0.2) is 12.7 Å². The second kappa shape index (κ2) is 6.47. The van der Waals surface area contributed by atoms with E-state index >= 15 is 0 Å². The fourth-order valence-electron chi connectivity index (χ4n) is 3.38. The first-order valence-electron chi connectivity index (χ1n) is 7.58. The van der Waals surface area contributed by atoms with Crippen LogP contribution in [-0.2, 0) is 4.79 Å². The van der Waals surface area contributed by atoms with Crippen LogP contribution in [0.5, 0.6) is 0 Å². The number of hydrogen-bond donors (Lipinski definition) is 3. The minimum absolute atomic E-state index is 0.105. The average molecular weight is 296 g/mol. The summed E-state index contributed by atoms with van der Waals surface area (Å²) in [6.07, 6.45) is 6.11. The van der Waals surface area contributed by atoms with Crippen molar-refractivity contribution in [3.8, 4) is 0 Å². The summed E-state index contributed by atoms with van der Waals surface area (Å²) in [5.41, 5.74) is -0.637. The van der Waals surface area contributed by atoms with Gasteiger partial charge in [0.05, 0.1) is 5.60 Å². The molecular weight excluding hydrogens is 272 g/mol.